The summed E-state index contributed by atoms with van der Waals surface area (Å²) in [4.78, 5) is 0.177. The van der Waals surface area contributed by atoms with Crippen LogP contribution in [0, 0.1) is 12.3 Å². The minimum absolute atomic E-state index is 0.177. The third kappa shape index (κ3) is 2.24. The fourth-order valence-corrected chi connectivity index (χ4v) is 1.79. The Morgan fingerprint density at radius 2 is 2.08 bits per heavy atom. The number of sulfone groups is 1. The highest BCUT2D eigenvalue weighted by Crippen LogP contribution is 2.19. The van der Waals surface area contributed by atoms with E-state index in [-0.39, 0.29) is 9.92 Å². The van der Waals surface area contributed by atoms with Crippen molar-refractivity contribution in [2.45, 2.75) is 4.90 Å². The van der Waals surface area contributed by atoms with E-state index in [0.29, 0.717) is 5.56 Å². The van der Waals surface area contributed by atoms with Gasteiger partial charge in [0.15, 0.2) is 9.84 Å². The molecular weight excluding hydrogens is 208 g/mol. The molecule has 68 valence electrons. The summed E-state index contributed by atoms with van der Waals surface area (Å²) >= 11 is 5.73. The van der Waals surface area contributed by atoms with Crippen molar-refractivity contribution in [3.8, 4) is 12.3 Å². The molecule has 0 saturated heterocycles. The van der Waals surface area contributed by atoms with E-state index in [1.54, 1.807) is 0 Å². The highest BCUT2D eigenvalue weighted by Gasteiger charge is 2.08. The first-order chi connectivity index (χ1) is 5.95. The zero-order chi connectivity index (χ0) is 10.1. The number of rotatable bonds is 1. The number of hydrogen-bond acceptors (Lipinski definition) is 2. The van der Waals surface area contributed by atoms with Crippen molar-refractivity contribution < 1.29 is 8.42 Å². The molecule has 0 spiro atoms. The van der Waals surface area contributed by atoms with Crippen LogP contribution in [0.15, 0.2) is 23.1 Å². The summed E-state index contributed by atoms with van der Waals surface area (Å²) in [5, 5.41) is 0.283. The van der Waals surface area contributed by atoms with E-state index in [1.807, 2.05) is 0 Å². The summed E-state index contributed by atoms with van der Waals surface area (Å²) in [6.07, 6.45) is 6.25. The maximum atomic E-state index is 11.1. The number of hydrogen-bond donors (Lipinski definition) is 0. The largest absolute Gasteiger partial charge is 0.224 e. The van der Waals surface area contributed by atoms with Crippen molar-refractivity contribution in [2.75, 3.05) is 6.26 Å². The first-order valence-corrected chi connectivity index (χ1v) is 5.68. The first kappa shape index (κ1) is 10.1. The Labute approximate surface area is 82.5 Å². The summed E-state index contributed by atoms with van der Waals surface area (Å²) in [7, 11) is -3.20. The number of benzene rings is 1. The lowest BCUT2D eigenvalue weighted by molar-refractivity contribution is 0.602. The van der Waals surface area contributed by atoms with Gasteiger partial charge in [-0.2, -0.15) is 0 Å². The van der Waals surface area contributed by atoms with Crippen LogP contribution in [0.1, 0.15) is 5.56 Å². The first-order valence-electron chi connectivity index (χ1n) is 3.41. The van der Waals surface area contributed by atoms with Gasteiger partial charge in [0, 0.05) is 11.8 Å². The monoisotopic (exact) mass is 214 g/mol. The van der Waals surface area contributed by atoms with E-state index in [1.165, 1.54) is 18.2 Å². The molecule has 0 amide bonds. The molecule has 4 heteroatoms. The predicted molar refractivity (Wildman–Crippen MR) is 52.5 cm³/mol. The zero-order valence-corrected chi connectivity index (χ0v) is 8.48. The molecule has 0 aromatic heterocycles. The third-order valence-electron chi connectivity index (χ3n) is 1.52. The van der Waals surface area contributed by atoms with Gasteiger partial charge in [0.25, 0.3) is 0 Å². The van der Waals surface area contributed by atoms with Crippen molar-refractivity contribution in [2.24, 2.45) is 0 Å². The number of halogens is 1. The second-order valence-corrected chi connectivity index (χ2v) is 4.98. The Morgan fingerprint density at radius 3 is 2.46 bits per heavy atom. The second-order valence-electron chi connectivity index (χ2n) is 2.56. The molecule has 0 fully saturated rings. The maximum absolute atomic E-state index is 11.1. The van der Waals surface area contributed by atoms with Crippen LogP contribution in [0.2, 0.25) is 5.02 Å². The lowest BCUT2D eigenvalue weighted by Crippen LogP contribution is -1.96. The topological polar surface area (TPSA) is 34.1 Å². The van der Waals surface area contributed by atoms with E-state index >= 15 is 0 Å². The average molecular weight is 215 g/mol. The lowest BCUT2D eigenvalue weighted by atomic mass is 10.2. The Bertz CT molecular complexity index is 469. The van der Waals surface area contributed by atoms with Crippen LogP contribution < -0.4 is 0 Å². The van der Waals surface area contributed by atoms with Crippen LogP contribution in [-0.2, 0) is 9.84 Å². The van der Waals surface area contributed by atoms with Gasteiger partial charge in [0.2, 0.25) is 0 Å². The molecule has 0 aliphatic heterocycles. The van der Waals surface area contributed by atoms with Gasteiger partial charge in [0.05, 0.1) is 9.92 Å². The molecule has 0 aliphatic rings. The van der Waals surface area contributed by atoms with E-state index < -0.39 is 9.84 Å². The zero-order valence-electron chi connectivity index (χ0n) is 6.91. The van der Waals surface area contributed by atoms with Crippen LogP contribution in [0.5, 0.6) is 0 Å². The molecule has 0 atom stereocenters. The highest BCUT2D eigenvalue weighted by atomic mass is 35.5. The fraction of sp³-hybridized carbons (Fsp3) is 0.111. The van der Waals surface area contributed by atoms with Crippen molar-refractivity contribution in [3.05, 3.63) is 28.8 Å². The van der Waals surface area contributed by atoms with Crippen LogP contribution in [0.25, 0.3) is 0 Å². The Balaban J connectivity index is 3.36. The molecule has 1 rings (SSSR count). The van der Waals surface area contributed by atoms with E-state index in [2.05, 4.69) is 5.92 Å². The molecule has 0 bridgehead atoms. The van der Waals surface area contributed by atoms with E-state index in [0.717, 1.165) is 6.26 Å². The summed E-state index contributed by atoms with van der Waals surface area (Å²) in [5.41, 5.74) is 0.495. The van der Waals surface area contributed by atoms with Crippen molar-refractivity contribution in [1.82, 2.24) is 0 Å². The standard InChI is InChI=1S/C9H7ClO2S/c1-3-7-4-5-8(6-9(7)10)13(2,11)12/h1,4-6H,2H3. The van der Waals surface area contributed by atoms with Gasteiger partial charge in [0.1, 0.15) is 0 Å². The van der Waals surface area contributed by atoms with Crippen molar-refractivity contribution >= 4 is 21.4 Å². The smallest absolute Gasteiger partial charge is 0.175 e. The number of terminal acetylenes is 1. The predicted octanol–water partition coefficient (Wildman–Crippen LogP) is 1.72. The van der Waals surface area contributed by atoms with Crippen molar-refractivity contribution in [1.29, 1.82) is 0 Å². The Hall–Kier alpha value is -0.980. The van der Waals surface area contributed by atoms with Crippen LogP contribution >= 0.6 is 11.6 Å². The summed E-state index contributed by atoms with van der Waals surface area (Å²) in [5.74, 6) is 2.35. The second kappa shape index (κ2) is 3.41. The molecule has 2 nitrogen and oxygen atoms in total. The van der Waals surface area contributed by atoms with Gasteiger partial charge in [-0.3, -0.25) is 0 Å². The minimum Gasteiger partial charge on any atom is -0.224 e. The van der Waals surface area contributed by atoms with E-state index in [9.17, 15) is 8.42 Å². The van der Waals surface area contributed by atoms with Crippen molar-refractivity contribution in [3.63, 3.8) is 0 Å². The molecule has 0 unspecified atom stereocenters. The summed E-state index contributed by atoms with van der Waals surface area (Å²) in [6.45, 7) is 0. The highest BCUT2D eigenvalue weighted by molar-refractivity contribution is 7.90. The van der Waals surface area contributed by atoms with Gasteiger partial charge in [-0.05, 0) is 18.2 Å². The summed E-state index contributed by atoms with van der Waals surface area (Å²) in [6, 6.07) is 4.31. The maximum Gasteiger partial charge on any atom is 0.175 e. The van der Waals surface area contributed by atoms with Gasteiger partial charge >= 0.3 is 0 Å². The van der Waals surface area contributed by atoms with Gasteiger partial charge in [-0.15, -0.1) is 6.42 Å². The molecule has 1 aromatic carbocycles. The molecule has 0 N–H and O–H groups in total. The third-order valence-corrected chi connectivity index (χ3v) is 2.95. The lowest BCUT2D eigenvalue weighted by Gasteiger charge is -2.00. The van der Waals surface area contributed by atoms with Crippen LogP contribution in [0.4, 0.5) is 0 Å². The Morgan fingerprint density at radius 1 is 1.46 bits per heavy atom. The molecule has 0 saturated carbocycles. The van der Waals surface area contributed by atoms with Crippen LogP contribution in [-0.4, -0.2) is 14.7 Å². The normalized spacial score (nSPS) is 10.8. The van der Waals surface area contributed by atoms with Gasteiger partial charge < -0.3 is 0 Å². The average Bonchev–Trinajstić information content (AvgIpc) is 2.02. The molecule has 0 aliphatic carbocycles. The SMILES string of the molecule is C#Cc1ccc(S(C)(=O)=O)cc1Cl. The molecule has 0 radical (unpaired) electrons. The quantitative estimate of drug-likeness (QED) is 0.668. The summed E-state index contributed by atoms with van der Waals surface area (Å²) < 4.78 is 22.1. The van der Waals surface area contributed by atoms with Crippen LogP contribution in [0.3, 0.4) is 0 Å². The fourth-order valence-electron chi connectivity index (χ4n) is 0.844. The molecular formula is C9H7ClO2S. The molecule has 1 aromatic rings. The minimum atomic E-state index is -3.20. The molecule has 0 heterocycles. The van der Waals surface area contributed by atoms with Gasteiger partial charge in [-0.1, -0.05) is 17.5 Å². The van der Waals surface area contributed by atoms with Gasteiger partial charge in [-0.25, -0.2) is 8.42 Å². The van der Waals surface area contributed by atoms with E-state index in [4.69, 9.17) is 18.0 Å². The Kier molecular flexibility index (Phi) is 2.65. The molecule has 13 heavy (non-hydrogen) atoms.